The summed E-state index contributed by atoms with van der Waals surface area (Å²) in [5.74, 6) is 0.677. The summed E-state index contributed by atoms with van der Waals surface area (Å²) >= 11 is 0. The van der Waals surface area contributed by atoms with Crippen molar-refractivity contribution < 1.29 is 0 Å². The highest BCUT2D eigenvalue weighted by Gasteiger charge is 2.16. The zero-order chi connectivity index (χ0) is 13.5. The number of nitrogens with zero attached hydrogens (tertiary/aromatic N) is 1. The minimum absolute atomic E-state index is 0.522. The van der Waals surface area contributed by atoms with Gasteiger partial charge in [0.1, 0.15) is 0 Å². The molecule has 2 heteroatoms. The summed E-state index contributed by atoms with van der Waals surface area (Å²) in [6.07, 6.45) is 1.10. The van der Waals surface area contributed by atoms with Gasteiger partial charge in [-0.1, -0.05) is 44.2 Å². The molecule has 1 aromatic carbocycles. The molecule has 0 spiro atoms. The predicted octanol–water partition coefficient (Wildman–Crippen LogP) is 2.79. The zero-order valence-corrected chi connectivity index (χ0v) is 12.5. The van der Waals surface area contributed by atoms with E-state index in [4.69, 9.17) is 0 Å². The molecule has 0 saturated carbocycles. The van der Waals surface area contributed by atoms with E-state index >= 15 is 0 Å². The Kier molecular flexibility index (Phi) is 6.37. The van der Waals surface area contributed by atoms with Crippen LogP contribution < -0.4 is 5.32 Å². The Hall–Kier alpha value is -0.860. The lowest BCUT2D eigenvalue weighted by molar-refractivity contribution is 0.219. The van der Waals surface area contributed by atoms with Crippen LogP contribution >= 0.6 is 0 Å². The molecule has 0 aliphatic heterocycles. The maximum atomic E-state index is 3.65. The van der Waals surface area contributed by atoms with Crippen LogP contribution in [0, 0.1) is 5.92 Å². The third-order valence-corrected chi connectivity index (χ3v) is 3.49. The lowest BCUT2D eigenvalue weighted by atomic mass is 10.0. The third kappa shape index (κ3) is 5.19. The van der Waals surface area contributed by atoms with Crippen molar-refractivity contribution in [3.05, 3.63) is 35.9 Å². The SMILES string of the molecule is CC(Cc1ccccc1)NCC(C(C)C)N(C)C. The lowest BCUT2D eigenvalue weighted by Crippen LogP contribution is -2.44. The average molecular weight is 248 g/mol. The molecule has 1 aromatic rings. The first-order valence-electron chi connectivity index (χ1n) is 6.94. The Morgan fingerprint density at radius 3 is 2.17 bits per heavy atom. The number of rotatable bonds is 7. The topological polar surface area (TPSA) is 15.3 Å². The molecule has 0 fully saturated rings. The van der Waals surface area contributed by atoms with Gasteiger partial charge in [0.15, 0.2) is 0 Å². The van der Waals surface area contributed by atoms with Crippen LogP contribution in [-0.2, 0) is 6.42 Å². The van der Waals surface area contributed by atoms with E-state index in [2.05, 4.69) is 75.4 Å². The normalized spacial score (nSPS) is 15.1. The van der Waals surface area contributed by atoms with E-state index in [1.165, 1.54) is 5.56 Å². The van der Waals surface area contributed by atoms with Crippen molar-refractivity contribution in [1.29, 1.82) is 0 Å². The highest BCUT2D eigenvalue weighted by molar-refractivity contribution is 5.15. The van der Waals surface area contributed by atoms with Crippen molar-refractivity contribution in [2.24, 2.45) is 5.92 Å². The molecule has 1 rings (SSSR count). The molecule has 2 unspecified atom stereocenters. The molecule has 0 bridgehead atoms. The van der Waals surface area contributed by atoms with Gasteiger partial charge < -0.3 is 10.2 Å². The van der Waals surface area contributed by atoms with E-state index in [9.17, 15) is 0 Å². The second-order valence-corrected chi connectivity index (χ2v) is 5.77. The monoisotopic (exact) mass is 248 g/mol. The first-order valence-corrected chi connectivity index (χ1v) is 6.94. The minimum atomic E-state index is 0.522. The summed E-state index contributed by atoms with van der Waals surface area (Å²) < 4.78 is 0. The Morgan fingerprint density at radius 1 is 1.06 bits per heavy atom. The molecule has 0 radical (unpaired) electrons. The summed E-state index contributed by atoms with van der Waals surface area (Å²) in [4.78, 5) is 2.31. The summed E-state index contributed by atoms with van der Waals surface area (Å²) in [6, 6.07) is 11.8. The highest BCUT2D eigenvalue weighted by atomic mass is 15.1. The molecule has 18 heavy (non-hydrogen) atoms. The van der Waals surface area contributed by atoms with E-state index in [1.54, 1.807) is 0 Å². The molecular weight excluding hydrogens is 220 g/mol. The molecule has 102 valence electrons. The van der Waals surface area contributed by atoms with Crippen molar-refractivity contribution >= 4 is 0 Å². The van der Waals surface area contributed by atoms with Gasteiger partial charge in [0.2, 0.25) is 0 Å². The fraction of sp³-hybridized carbons (Fsp3) is 0.625. The van der Waals surface area contributed by atoms with E-state index in [-0.39, 0.29) is 0 Å². The number of hydrogen-bond donors (Lipinski definition) is 1. The van der Waals surface area contributed by atoms with Gasteiger partial charge in [-0.05, 0) is 38.9 Å². The molecule has 0 heterocycles. The second-order valence-electron chi connectivity index (χ2n) is 5.77. The van der Waals surface area contributed by atoms with E-state index < -0.39 is 0 Å². The van der Waals surface area contributed by atoms with Gasteiger partial charge in [-0.25, -0.2) is 0 Å². The van der Waals surface area contributed by atoms with Crippen LogP contribution in [0.1, 0.15) is 26.3 Å². The van der Waals surface area contributed by atoms with E-state index in [0.717, 1.165) is 13.0 Å². The van der Waals surface area contributed by atoms with Crippen LogP contribution in [0.4, 0.5) is 0 Å². The molecule has 1 N–H and O–H groups in total. The molecule has 0 aliphatic rings. The van der Waals surface area contributed by atoms with Crippen LogP contribution in [0.3, 0.4) is 0 Å². The summed E-state index contributed by atoms with van der Waals surface area (Å²) in [5, 5.41) is 3.65. The number of hydrogen-bond acceptors (Lipinski definition) is 2. The van der Waals surface area contributed by atoms with Crippen LogP contribution in [0.2, 0.25) is 0 Å². The molecule has 0 saturated heterocycles. The fourth-order valence-electron chi connectivity index (χ4n) is 2.38. The fourth-order valence-corrected chi connectivity index (χ4v) is 2.38. The summed E-state index contributed by atoms with van der Waals surface area (Å²) in [5.41, 5.74) is 1.41. The number of benzene rings is 1. The molecule has 0 aromatic heterocycles. The Balaban J connectivity index is 2.38. The first-order chi connectivity index (χ1) is 8.50. The second kappa shape index (κ2) is 7.55. The number of nitrogens with one attached hydrogen (secondary N) is 1. The van der Waals surface area contributed by atoms with Crippen LogP contribution in [-0.4, -0.2) is 37.6 Å². The smallest absolute Gasteiger partial charge is 0.0237 e. The van der Waals surface area contributed by atoms with Gasteiger partial charge in [0.05, 0.1) is 0 Å². The van der Waals surface area contributed by atoms with Crippen molar-refractivity contribution in [3.63, 3.8) is 0 Å². The molecule has 2 atom stereocenters. The zero-order valence-electron chi connectivity index (χ0n) is 12.5. The lowest BCUT2D eigenvalue weighted by Gasteiger charge is -2.29. The molecule has 2 nitrogen and oxygen atoms in total. The third-order valence-electron chi connectivity index (χ3n) is 3.49. The van der Waals surface area contributed by atoms with Crippen LogP contribution in [0.25, 0.3) is 0 Å². The maximum absolute atomic E-state index is 3.65. The van der Waals surface area contributed by atoms with Crippen molar-refractivity contribution in [2.75, 3.05) is 20.6 Å². The van der Waals surface area contributed by atoms with Crippen LogP contribution in [0.15, 0.2) is 30.3 Å². The van der Waals surface area contributed by atoms with Crippen molar-refractivity contribution in [3.8, 4) is 0 Å². The van der Waals surface area contributed by atoms with Gasteiger partial charge >= 0.3 is 0 Å². The predicted molar refractivity (Wildman–Crippen MR) is 79.9 cm³/mol. The highest BCUT2D eigenvalue weighted by Crippen LogP contribution is 2.07. The standard InChI is InChI=1S/C16H28N2/c1-13(2)16(18(4)5)12-17-14(3)11-15-9-7-6-8-10-15/h6-10,13-14,16-17H,11-12H2,1-5H3. The van der Waals surface area contributed by atoms with E-state index in [0.29, 0.717) is 18.0 Å². The maximum Gasteiger partial charge on any atom is 0.0237 e. The molecule has 0 amide bonds. The number of likely N-dealkylation sites (N-methyl/N-ethyl adjacent to an activating group) is 1. The van der Waals surface area contributed by atoms with Gasteiger partial charge in [-0.3, -0.25) is 0 Å². The largest absolute Gasteiger partial charge is 0.312 e. The average Bonchev–Trinajstić information content (AvgIpc) is 2.29. The van der Waals surface area contributed by atoms with Crippen molar-refractivity contribution in [2.45, 2.75) is 39.3 Å². The first kappa shape index (κ1) is 15.2. The van der Waals surface area contributed by atoms with E-state index in [1.807, 2.05) is 0 Å². The van der Waals surface area contributed by atoms with Crippen LogP contribution in [0.5, 0.6) is 0 Å². The molecular formula is C16H28N2. The Bertz CT molecular complexity index is 311. The van der Waals surface area contributed by atoms with Gasteiger partial charge in [-0.15, -0.1) is 0 Å². The quantitative estimate of drug-likeness (QED) is 0.798. The van der Waals surface area contributed by atoms with Gasteiger partial charge in [-0.2, -0.15) is 0 Å². The summed E-state index contributed by atoms with van der Waals surface area (Å²) in [6.45, 7) is 7.89. The molecule has 0 aliphatic carbocycles. The minimum Gasteiger partial charge on any atom is -0.312 e. The summed E-state index contributed by atoms with van der Waals surface area (Å²) in [7, 11) is 4.32. The van der Waals surface area contributed by atoms with Gasteiger partial charge in [0.25, 0.3) is 0 Å². The van der Waals surface area contributed by atoms with Gasteiger partial charge in [0, 0.05) is 18.6 Å². The van der Waals surface area contributed by atoms with Crippen molar-refractivity contribution in [1.82, 2.24) is 10.2 Å². The Morgan fingerprint density at radius 2 is 1.67 bits per heavy atom. The Labute approximate surface area is 112 Å².